The zero-order chi connectivity index (χ0) is 15.4. The van der Waals surface area contributed by atoms with Crippen molar-refractivity contribution in [3.8, 4) is 11.5 Å². The maximum absolute atomic E-state index is 5.48. The first-order valence-electron chi connectivity index (χ1n) is 6.86. The summed E-state index contributed by atoms with van der Waals surface area (Å²) in [4.78, 5) is 4.33. The van der Waals surface area contributed by atoms with Crippen molar-refractivity contribution in [1.82, 2.24) is 20.1 Å². The topological polar surface area (TPSA) is 61.2 Å². The molecule has 6 heteroatoms. The van der Waals surface area contributed by atoms with Gasteiger partial charge < -0.3 is 14.8 Å². The van der Waals surface area contributed by atoms with Crippen LogP contribution in [0, 0.1) is 13.8 Å². The fraction of sp³-hybridized carbons (Fsp3) is 0.467. The molecule has 0 saturated heterocycles. The van der Waals surface area contributed by atoms with Crippen LogP contribution < -0.4 is 14.8 Å². The summed E-state index contributed by atoms with van der Waals surface area (Å²) in [6, 6.07) is 5.91. The lowest BCUT2D eigenvalue weighted by Gasteiger charge is -2.20. The van der Waals surface area contributed by atoms with Crippen molar-refractivity contribution in [3.63, 3.8) is 0 Å². The Morgan fingerprint density at radius 2 is 2.00 bits per heavy atom. The number of likely N-dealkylation sites (N-methyl/N-ethyl adjacent to an activating group) is 1. The van der Waals surface area contributed by atoms with Crippen LogP contribution in [-0.2, 0) is 6.54 Å². The first-order chi connectivity index (χ1) is 10.1. The number of methoxy groups -OCH3 is 2. The van der Waals surface area contributed by atoms with Gasteiger partial charge >= 0.3 is 0 Å². The van der Waals surface area contributed by atoms with E-state index < -0.39 is 0 Å². The Morgan fingerprint density at radius 1 is 1.24 bits per heavy atom. The zero-order valence-corrected chi connectivity index (χ0v) is 13.2. The van der Waals surface area contributed by atoms with Crippen LogP contribution in [0.1, 0.15) is 23.3 Å². The minimum atomic E-state index is 0.0747. The summed E-state index contributed by atoms with van der Waals surface area (Å²) in [6.45, 7) is 4.54. The molecular formula is C15H22N4O2. The fourth-order valence-electron chi connectivity index (χ4n) is 2.36. The van der Waals surface area contributed by atoms with Crippen molar-refractivity contribution in [2.24, 2.45) is 0 Å². The minimum Gasteiger partial charge on any atom is -0.497 e. The summed E-state index contributed by atoms with van der Waals surface area (Å²) >= 11 is 0. The van der Waals surface area contributed by atoms with Gasteiger partial charge in [-0.2, -0.15) is 5.10 Å². The Hall–Kier alpha value is -2.08. The lowest BCUT2D eigenvalue weighted by atomic mass is 10.1. The monoisotopic (exact) mass is 290 g/mol. The van der Waals surface area contributed by atoms with Gasteiger partial charge in [0.15, 0.2) is 0 Å². The number of hydrogen-bond acceptors (Lipinski definition) is 5. The third-order valence-corrected chi connectivity index (χ3v) is 3.48. The number of ether oxygens (including phenoxy) is 2. The standard InChI is InChI=1S/C15H22N4O2/c1-10-17-11(2)19(18-10)9-14(16-3)13-7-6-12(20-4)8-15(13)21-5/h6-8,14,16H,9H2,1-5H3. The molecular weight excluding hydrogens is 268 g/mol. The molecule has 6 nitrogen and oxygen atoms in total. The molecule has 2 rings (SSSR count). The molecule has 0 aliphatic carbocycles. The van der Waals surface area contributed by atoms with Gasteiger partial charge in [-0.25, -0.2) is 9.67 Å². The Morgan fingerprint density at radius 3 is 2.52 bits per heavy atom. The molecule has 1 N–H and O–H groups in total. The quantitative estimate of drug-likeness (QED) is 0.880. The van der Waals surface area contributed by atoms with Crippen LogP contribution in [0.3, 0.4) is 0 Å². The summed E-state index contributed by atoms with van der Waals surface area (Å²) in [5.41, 5.74) is 1.06. The van der Waals surface area contributed by atoms with Crippen molar-refractivity contribution in [2.45, 2.75) is 26.4 Å². The normalized spacial score (nSPS) is 12.2. The van der Waals surface area contributed by atoms with Crippen molar-refractivity contribution in [3.05, 3.63) is 35.4 Å². The SMILES string of the molecule is CNC(Cn1nc(C)nc1C)c1ccc(OC)cc1OC. The average Bonchev–Trinajstić information content (AvgIpc) is 2.81. The maximum atomic E-state index is 5.48. The van der Waals surface area contributed by atoms with Gasteiger partial charge in [0, 0.05) is 11.6 Å². The highest BCUT2D eigenvalue weighted by Crippen LogP contribution is 2.30. The molecule has 0 saturated carbocycles. The van der Waals surface area contributed by atoms with Gasteiger partial charge in [-0.15, -0.1) is 0 Å². The van der Waals surface area contributed by atoms with E-state index in [1.54, 1.807) is 14.2 Å². The predicted octanol–water partition coefficient (Wildman–Crippen LogP) is 1.87. The molecule has 1 heterocycles. The van der Waals surface area contributed by atoms with Crippen LogP contribution in [0.5, 0.6) is 11.5 Å². The second-order valence-electron chi connectivity index (χ2n) is 4.84. The highest BCUT2D eigenvalue weighted by atomic mass is 16.5. The summed E-state index contributed by atoms with van der Waals surface area (Å²) in [6.07, 6.45) is 0. The number of aryl methyl sites for hydroxylation is 2. The van der Waals surface area contributed by atoms with Gasteiger partial charge in [-0.3, -0.25) is 0 Å². The number of benzene rings is 1. The molecule has 114 valence electrons. The van der Waals surface area contributed by atoms with E-state index in [2.05, 4.69) is 15.4 Å². The third-order valence-electron chi connectivity index (χ3n) is 3.48. The molecule has 0 aliphatic heterocycles. The Labute approximate surface area is 125 Å². The van der Waals surface area contributed by atoms with Crippen molar-refractivity contribution >= 4 is 0 Å². The smallest absolute Gasteiger partial charge is 0.147 e. The van der Waals surface area contributed by atoms with Gasteiger partial charge in [-0.05, 0) is 33.0 Å². The van der Waals surface area contributed by atoms with Crippen LogP contribution in [-0.4, -0.2) is 36.0 Å². The van der Waals surface area contributed by atoms with Crippen LogP contribution in [0.25, 0.3) is 0 Å². The second-order valence-corrected chi connectivity index (χ2v) is 4.84. The Kier molecular flexibility index (Phi) is 4.80. The van der Waals surface area contributed by atoms with Crippen molar-refractivity contribution in [1.29, 1.82) is 0 Å². The van der Waals surface area contributed by atoms with E-state index >= 15 is 0 Å². The first-order valence-corrected chi connectivity index (χ1v) is 6.86. The van der Waals surface area contributed by atoms with E-state index in [9.17, 15) is 0 Å². The van der Waals surface area contributed by atoms with E-state index in [4.69, 9.17) is 9.47 Å². The molecule has 1 aromatic carbocycles. The molecule has 0 amide bonds. The van der Waals surface area contributed by atoms with Crippen molar-refractivity contribution in [2.75, 3.05) is 21.3 Å². The molecule has 2 aromatic rings. The highest BCUT2D eigenvalue weighted by Gasteiger charge is 2.17. The molecule has 1 unspecified atom stereocenters. The van der Waals surface area contributed by atoms with Gasteiger partial charge in [0.25, 0.3) is 0 Å². The number of nitrogens with one attached hydrogen (secondary N) is 1. The van der Waals surface area contributed by atoms with Gasteiger partial charge in [-0.1, -0.05) is 0 Å². The van der Waals surface area contributed by atoms with Gasteiger partial charge in [0.1, 0.15) is 23.1 Å². The molecule has 0 aliphatic rings. The van der Waals surface area contributed by atoms with Gasteiger partial charge in [0.2, 0.25) is 0 Å². The molecule has 0 fully saturated rings. The number of aromatic nitrogens is 3. The zero-order valence-electron chi connectivity index (χ0n) is 13.2. The summed E-state index contributed by atoms with van der Waals surface area (Å²) in [7, 11) is 5.23. The van der Waals surface area contributed by atoms with Crippen LogP contribution >= 0.6 is 0 Å². The number of hydrogen-bond donors (Lipinski definition) is 1. The average molecular weight is 290 g/mol. The summed E-state index contributed by atoms with van der Waals surface area (Å²) in [5.74, 6) is 3.26. The van der Waals surface area contributed by atoms with E-state index in [0.29, 0.717) is 6.54 Å². The number of nitrogens with zero attached hydrogens (tertiary/aromatic N) is 3. The summed E-state index contributed by atoms with van der Waals surface area (Å²) in [5, 5.41) is 7.72. The second kappa shape index (κ2) is 6.58. The van der Waals surface area contributed by atoms with Crippen LogP contribution in [0.15, 0.2) is 18.2 Å². The summed E-state index contributed by atoms with van der Waals surface area (Å²) < 4.78 is 12.6. The lowest BCUT2D eigenvalue weighted by Crippen LogP contribution is -2.23. The maximum Gasteiger partial charge on any atom is 0.147 e. The number of rotatable bonds is 6. The molecule has 1 atom stereocenters. The van der Waals surface area contributed by atoms with E-state index in [1.807, 2.05) is 43.8 Å². The van der Waals surface area contributed by atoms with Crippen LogP contribution in [0.2, 0.25) is 0 Å². The van der Waals surface area contributed by atoms with Crippen molar-refractivity contribution < 1.29 is 9.47 Å². The first kappa shape index (κ1) is 15.3. The van der Waals surface area contributed by atoms with Gasteiger partial charge in [0.05, 0.1) is 26.8 Å². The predicted molar refractivity (Wildman–Crippen MR) is 80.8 cm³/mol. The minimum absolute atomic E-state index is 0.0747. The van der Waals surface area contributed by atoms with E-state index in [0.717, 1.165) is 28.7 Å². The van der Waals surface area contributed by atoms with E-state index in [-0.39, 0.29) is 6.04 Å². The van der Waals surface area contributed by atoms with Crippen LogP contribution in [0.4, 0.5) is 0 Å². The highest BCUT2D eigenvalue weighted by molar-refractivity contribution is 5.42. The third kappa shape index (κ3) is 3.33. The Balaban J connectivity index is 2.30. The largest absolute Gasteiger partial charge is 0.497 e. The lowest BCUT2D eigenvalue weighted by molar-refractivity contribution is 0.378. The molecule has 0 radical (unpaired) electrons. The molecule has 0 bridgehead atoms. The molecule has 1 aromatic heterocycles. The molecule has 21 heavy (non-hydrogen) atoms. The molecule has 0 spiro atoms. The Bertz CT molecular complexity index is 610. The fourth-order valence-corrected chi connectivity index (χ4v) is 2.36. The van der Waals surface area contributed by atoms with E-state index in [1.165, 1.54) is 0 Å².